The molecule has 0 heterocycles. The summed E-state index contributed by atoms with van der Waals surface area (Å²) in [5.41, 5.74) is 8.48. The van der Waals surface area contributed by atoms with Gasteiger partial charge in [0.2, 0.25) is 0 Å². The smallest absolute Gasteiger partial charge is 0.0682 e. The Morgan fingerprint density at radius 1 is 0.952 bits per heavy atom. The van der Waals surface area contributed by atoms with Crippen molar-refractivity contribution in [2.45, 2.75) is 25.0 Å². The normalized spacial score (nSPS) is 13.8. The van der Waals surface area contributed by atoms with Crippen molar-refractivity contribution in [2.24, 2.45) is 5.73 Å². The molecule has 0 bridgehead atoms. The quantitative estimate of drug-likeness (QED) is 0.652. The van der Waals surface area contributed by atoms with Gasteiger partial charge in [0.05, 0.1) is 6.10 Å². The first-order chi connectivity index (χ1) is 10.3. The Labute approximate surface area is 126 Å². The zero-order chi connectivity index (χ0) is 14.9. The predicted molar refractivity (Wildman–Crippen MR) is 87.0 cm³/mol. The van der Waals surface area contributed by atoms with Crippen molar-refractivity contribution in [1.82, 2.24) is 5.32 Å². The largest absolute Gasteiger partial charge is 0.392 e. The number of rotatable bonds is 8. The molecule has 0 radical (unpaired) electrons. The lowest BCUT2D eigenvalue weighted by Crippen LogP contribution is -2.31. The summed E-state index contributed by atoms with van der Waals surface area (Å²) in [7, 11) is 0. The third-order valence-electron chi connectivity index (χ3n) is 3.57. The topological polar surface area (TPSA) is 58.3 Å². The fraction of sp³-hybridized carbons (Fsp3) is 0.333. The van der Waals surface area contributed by atoms with Crippen LogP contribution in [0.1, 0.15) is 23.6 Å². The molecule has 2 aromatic rings. The first-order valence-corrected chi connectivity index (χ1v) is 7.49. The maximum Gasteiger partial charge on any atom is 0.0682 e. The molecule has 0 saturated heterocycles. The van der Waals surface area contributed by atoms with E-state index in [1.165, 1.54) is 5.56 Å². The molecule has 2 aromatic carbocycles. The number of hydrogen-bond donors (Lipinski definition) is 3. The second-order valence-electron chi connectivity index (χ2n) is 5.35. The maximum atomic E-state index is 10.0. The van der Waals surface area contributed by atoms with E-state index in [2.05, 4.69) is 17.4 Å². The Morgan fingerprint density at radius 2 is 1.57 bits per heavy atom. The second kappa shape index (κ2) is 8.57. The Balaban J connectivity index is 1.64. The molecule has 112 valence electrons. The van der Waals surface area contributed by atoms with E-state index in [4.69, 9.17) is 5.73 Å². The molecule has 0 aliphatic rings. The summed E-state index contributed by atoms with van der Waals surface area (Å²) in [6.07, 6.45) is 1.12. The number of benzene rings is 2. The average Bonchev–Trinajstić information content (AvgIpc) is 2.53. The van der Waals surface area contributed by atoms with Gasteiger partial charge in [-0.05, 0) is 30.5 Å². The van der Waals surface area contributed by atoms with E-state index >= 15 is 0 Å². The van der Waals surface area contributed by atoms with Crippen LogP contribution in [0.5, 0.6) is 0 Å². The zero-order valence-electron chi connectivity index (χ0n) is 12.3. The van der Waals surface area contributed by atoms with E-state index in [1.807, 2.05) is 48.5 Å². The van der Waals surface area contributed by atoms with Crippen LogP contribution in [0.15, 0.2) is 60.7 Å². The van der Waals surface area contributed by atoms with E-state index in [-0.39, 0.29) is 6.04 Å². The van der Waals surface area contributed by atoms with Gasteiger partial charge in [-0.25, -0.2) is 0 Å². The van der Waals surface area contributed by atoms with Crippen molar-refractivity contribution in [1.29, 1.82) is 0 Å². The van der Waals surface area contributed by atoms with Gasteiger partial charge < -0.3 is 16.2 Å². The van der Waals surface area contributed by atoms with Crippen LogP contribution in [0.3, 0.4) is 0 Å². The highest BCUT2D eigenvalue weighted by atomic mass is 16.3. The summed E-state index contributed by atoms with van der Waals surface area (Å²) in [5, 5.41) is 13.3. The fourth-order valence-electron chi connectivity index (χ4n) is 2.36. The molecule has 0 aliphatic heterocycles. The van der Waals surface area contributed by atoms with E-state index in [1.54, 1.807) is 0 Å². The van der Waals surface area contributed by atoms with Gasteiger partial charge in [0, 0.05) is 12.6 Å². The molecule has 0 aromatic heterocycles. The highest BCUT2D eigenvalue weighted by Crippen LogP contribution is 2.14. The summed E-state index contributed by atoms with van der Waals surface area (Å²) in [6, 6.07) is 20.1. The van der Waals surface area contributed by atoms with Crippen LogP contribution < -0.4 is 11.1 Å². The van der Waals surface area contributed by atoms with Crippen LogP contribution >= 0.6 is 0 Å². The van der Waals surface area contributed by atoms with Crippen molar-refractivity contribution < 1.29 is 5.11 Å². The minimum Gasteiger partial charge on any atom is -0.392 e. The molecule has 3 nitrogen and oxygen atoms in total. The Kier molecular flexibility index (Phi) is 6.41. The Morgan fingerprint density at radius 3 is 2.24 bits per heavy atom. The molecule has 3 heteroatoms. The number of aliphatic hydroxyl groups is 1. The predicted octanol–water partition coefficient (Wildman–Crippen LogP) is 2.27. The Bertz CT molecular complexity index is 501. The van der Waals surface area contributed by atoms with Gasteiger partial charge in [0.25, 0.3) is 0 Å². The SMILES string of the molecule is NC(CC(O)CNCCc1ccccc1)c1ccccc1. The van der Waals surface area contributed by atoms with Crippen molar-refractivity contribution in [3.63, 3.8) is 0 Å². The standard InChI is InChI=1S/C18H24N2O/c19-18(16-9-5-2-6-10-16)13-17(21)14-20-12-11-15-7-3-1-4-8-15/h1-10,17-18,20-21H,11-14,19H2. The molecule has 4 N–H and O–H groups in total. The number of nitrogens with two attached hydrogens (primary N) is 1. The lowest BCUT2D eigenvalue weighted by atomic mass is 10.0. The molecule has 0 fully saturated rings. The molecule has 2 atom stereocenters. The molecular weight excluding hydrogens is 260 g/mol. The molecule has 0 saturated carbocycles. The minimum absolute atomic E-state index is 0.114. The van der Waals surface area contributed by atoms with Crippen LogP contribution in [-0.4, -0.2) is 24.3 Å². The van der Waals surface area contributed by atoms with Gasteiger partial charge in [-0.15, -0.1) is 0 Å². The van der Waals surface area contributed by atoms with Crippen molar-refractivity contribution >= 4 is 0 Å². The second-order valence-corrected chi connectivity index (χ2v) is 5.35. The monoisotopic (exact) mass is 284 g/mol. The molecule has 2 rings (SSSR count). The first-order valence-electron chi connectivity index (χ1n) is 7.49. The highest BCUT2D eigenvalue weighted by Gasteiger charge is 2.11. The van der Waals surface area contributed by atoms with Crippen LogP contribution in [-0.2, 0) is 6.42 Å². The van der Waals surface area contributed by atoms with E-state index in [9.17, 15) is 5.11 Å². The van der Waals surface area contributed by atoms with Gasteiger partial charge >= 0.3 is 0 Å². The van der Waals surface area contributed by atoms with Gasteiger partial charge in [0.15, 0.2) is 0 Å². The van der Waals surface area contributed by atoms with Crippen LogP contribution in [0.2, 0.25) is 0 Å². The fourth-order valence-corrected chi connectivity index (χ4v) is 2.36. The van der Waals surface area contributed by atoms with Crippen LogP contribution in [0.25, 0.3) is 0 Å². The summed E-state index contributed by atoms with van der Waals surface area (Å²) >= 11 is 0. The minimum atomic E-state index is -0.420. The van der Waals surface area contributed by atoms with Gasteiger partial charge in [-0.3, -0.25) is 0 Å². The molecule has 0 amide bonds. The van der Waals surface area contributed by atoms with E-state index < -0.39 is 6.10 Å². The number of nitrogens with one attached hydrogen (secondary N) is 1. The van der Waals surface area contributed by atoms with Crippen LogP contribution in [0.4, 0.5) is 0 Å². The Hall–Kier alpha value is -1.68. The van der Waals surface area contributed by atoms with Crippen molar-refractivity contribution in [3.05, 3.63) is 71.8 Å². The van der Waals surface area contributed by atoms with E-state index in [0.717, 1.165) is 18.5 Å². The molecular formula is C18H24N2O. The van der Waals surface area contributed by atoms with Gasteiger partial charge in [0.1, 0.15) is 0 Å². The molecule has 0 aliphatic carbocycles. The van der Waals surface area contributed by atoms with E-state index in [0.29, 0.717) is 13.0 Å². The summed E-state index contributed by atoms with van der Waals surface area (Å²) in [5.74, 6) is 0. The average molecular weight is 284 g/mol. The van der Waals surface area contributed by atoms with Crippen molar-refractivity contribution in [2.75, 3.05) is 13.1 Å². The first kappa shape index (κ1) is 15.7. The number of hydrogen-bond acceptors (Lipinski definition) is 3. The molecule has 0 spiro atoms. The molecule has 2 unspecified atom stereocenters. The lowest BCUT2D eigenvalue weighted by Gasteiger charge is -2.17. The highest BCUT2D eigenvalue weighted by molar-refractivity contribution is 5.18. The third kappa shape index (κ3) is 5.68. The summed E-state index contributed by atoms with van der Waals surface area (Å²) in [4.78, 5) is 0. The molecule has 21 heavy (non-hydrogen) atoms. The zero-order valence-corrected chi connectivity index (χ0v) is 12.3. The van der Waals surface area contributed by atoms with Gasteiger partial charge in [-0.1, -0.05) is 60.7 Å². The van der Waals surface area contributed by atoms with Gasteiger partial charge in [-0.2, -0.15) is 0 Å². The number of aliphatic hydroxyl groups excluding tert-OH is 1. The van der Waals surface area contributed by atoms with Crippen LogP contribution in [0, 0.1) is 0 Å². The maximum absolute atomic E-state index is 10.0. The summed E-state index contributed by atoms with van der Waals surface area (Å²) < 4.78 is 0. The third-order valence-corrected chi connectivity index (χ3v) is 3.57. The summed E-state index contributed by atoms with van der Waals surface area (Å²) in [6.45, 7) is 1.44. The lowest BCUT2D eigenvalue weighted by molar-refractivity contribution is 0.153. The van der Waals surface area contributed by atoms with Crippen molar-refractivity contribution in [3.8, 4) is 0 Å².